The normalized spacial score (nSPS) is 20.3. The zero-order valence-electron chi connectivity index (χ0n) is 14.5. The van der Waals surface area contributed by atoms with Gasteiger partial charge in [-0.25, -0.2) is 9.78 Å². The molecule has 1 aliphatic rings. The van der Waals surface area contributed by atoms with Gasteiger partial charge in [0.1, 0.15) is 0 Å². The third-order valence-corrected chi connectivity index (χ3v) is 4.92. The largest absolute Gasteiger partial charge is 0.372 e. The van der Waals surface area contributed by atoms with Crippen molar-refractivity contribution in [3.05, 3.63) is 54.2 Å². The summed E-state index contributed by atoms with van der Waals surface area (Å²) < 4.78 is 5.68. The fraction of sp³-hybridized carbons (Fsp3) is 0.368. The van der Waals surface area contributed by atoms with Gasteiger partial charge >= 0.3 is 6.03 Å². The zero-order chi connectivity index (χ0) is 17.6. The van der Waals surface area contributed by atoms with Crippen molar-refractivity contribution in [1.29, 1.82) is 0 Å². The molecule has 3 rings (SSSR count). The Bertz CT molecular complexity index is 701. The van der Waals surface area contributed by atoms with E-state index in [2.05, 4.69) is 16.4 Å². The number of hydrogen-bond acceptors (Lipinski definition) is 4. The molecular weight excluding hydrogens is 334 g/mol. The quantitative estimate of drug-likeness (QED) is 0.840. The number of pyridine rings is 1. The van der Waals surface area contributed by atoms with Crippen molar-refractivity contribution < 1.29 is 9.53 Å². The SMILES string of the molecule is CC1CN(C(=O)Nc2cccc(CSc3ccccn3)c2)CC(C)O1. The molecule has 132 valence electrons. The van der Waals surface area contributed by atoms with Crippen LogP contribution in [-0.2, 0) is 10.5 Å². The second kappa shape index (κ2) is 8.36. The van der Waals surface area contributed by atoms with Gasteiger partial charge in [0.05, 0.1) is 17.2 Å². The number of carbonyl (C=O) groups excluding carboxylic acids is 1. The summed E-state index contributed by atoms with van der Waals surface area (Å²) in [6.45, 7) is 5.22. The lowest BCUT2D eigenvalue weighted by Gasteiger charge is -2.35. The second-order valence-electron chi connectivity index (χ2n) is 6.25. The summed E-state index contributed by atoms with van der Waals surface area (Å²) in [5.41, 5.74) is 1.97. The molecule has 2 unspecified atom stereocenters. The van der Waals surface area contributed by atoms with Crippen molar-refractivity contribution in [2.45, 2.75) is 36.8 Å². The van der Waals surface area contributed by atoms with Gasteiger partial charge < -0.3 is 15.0 Å². The maximum absolute atomic E-state index is 12.5. The van der Waals surface area contributed by atoms with Crippen LogP contribution in [0.3, 0.4) is 0 Å². The lowest BCUT2D eigenvalue weighted by Crippen LogP contribution is -2.49. The van der Waals surface area contributed by atoms with Crippen LogP contribution in [0.2, 0.25) is 0 Å². The topological polar surface area (TPSA) is 54.5 Å². The second-order valence-corrected chi connectivity index (χ2v) is 7.25. The van der Waals surface area contributed by atoms with E-state index in [1.807, 2.05) is 55.1 Å². The summed E-state index contributed by atoms with van der Waals surface area (Å²) in [5.74, 6) is 0.812. The number of benzene rings is 1. The third-order valence-electron chi connectivity index (χ3n) is 3.91. The fourth-order valence-corrected chi connectivity index (χ4v) is 3.68. The van der Waals surface area contributed by atoms with Crippen LogP contribution in [0.25, 0.3) is 0 Å². The van der Waals surface area contributed by atoms with Crippen LogP contribution in [0.15, 0.2) is 53.7 Å². The van der Waals surface area contributed by atoms with E-state index in [1.54, 1.807) is 18.0 Å². The minimum Gasteiger partial charge on any atom is -0.372 e. The summed E-state index contributed by atoms with van der Waals surface area (Å²) in [6.07, 6.45) is 1.93. The third kappa shape index (κ3) is 5.21. The number of urea groups is 1. The molecule has 1 aromatic carbocycles. The zero-order valence-corrected chi connectivity index (χ0v) is 15.3. The molecule has 1 saturated heterocycles. The molecule has 6 heteroatoms. The fourth-order valence-electron chi connectivity index (χ4n) is 2.87. The average molecular weight is 357 g/mol. The number of carbonyl (C=O) groups is 1. The minimum absolute atomic E-state index is 0.0654. The molecule has 0 bridgehead atoms. The van der Waals surface area contributed by atoms with Crippen molar-refractivity contribution in [2.75, 3.05) is 18.4 Å². The molecule has 0 saturated carbocycles. The lowest BCUT2D eigenvalue weighted by molar-refractivity contribution is -0.0530. The molecule has 1 N–H and O–H groups in total. The van der Waals surface area contributed by atoms with Gasteiger partial charge in [0.25, 0.3) is 0 Å². The van der Waals surface area contributed by atoms with Gasteiger partial charge in [0.15, 0.2) is 0 Å². The number of ether oxygens (including phenoxy) is 1. The van der Waals surface area contributed by atoms with E-state index in [4.69, 9.17) is 4.74 Å². The Labute approximate surface area is 152 Å². The summed E-state index contributed by atoms with van der Waals surface area (Å²) in [7, 11) is 0. The molecule has 2 atom stereocenters. The molecular formula is C19H23N3O2S. The first-order chi connectivity index (χ1) is 12.1. The monoisotopic (exact) mass is 357 g/mol. The summed E-state index contributed by atoms with van der Waals surface area (Å²) >= 11 is 1.68. The molecule has 1 aliphatic heterocycles. The number of anilines is 1. The van der Waals surface area contributed by atoms with Crippen molar-refractivity contribution in [1.82, 2.24) is 9.88 Å². The smallest absolute Gasteiger partial charge is 0.322 e. The Morgan fingerprint density at radius 1 is 1.24 bits per heavy atom. The summed E-state index contributed by atoms with van der Waals surface area (Å²) in [4.78, 5) is 18.6. The van der Waals surface area contributed by atoms with E-state index < -0.39 is 0 Å². The number of thioether (sulfide) groups is 1. The van der Waals surface area contributed by atoms with Crippen molar-refractivity contribution in [3.8, 4) is 0 Å². The number of nitrogens with zero attached hydrogens (tertiary/aromatic N) is 2. The van der Waals surface area contributed by atoms with Crippen LogP contribution in [-0.4, -0.2) is 41.2 Å². The van der Waals surface area contributed by atoms with Crippen LogP contribution in [0.5, 0.6) is 0 Å². The van der Waals surface area contributed by atoms with E-state index >= 15 is 0 Å². The molecule has 2 heterocycles. The number of aromatic nitrogens is 1. The molecule has 1 fully saturated rings. The summed E-state index contributed by atoms with van der Waals surface area (Å²) in [5, 5.41) is 3.99. The van der Waals surface area contributed by atoms with E-state index in [-0.39, 0.29) is 18.2 Å². The highest BCUT2D eigenvalue weighted by atomic mass is 32.2. The first-order valence-electron chi connectivity index (χ1n) is 8.44. The molecule has 2 aromatic rings. The van der Waals surface area contributed by atoms with Crippen LogP contribution in [0.1, 0.15) is 19.4 Å². The van der Waals surface area contributed by atoms with Crippen LogP contribution >= 0.6 is 11.8 Å². The molecule has 0 spiro atoms. The lowest BCUT2D eigenvalue weighted by atomic mass is 10.2. The van der Waals surface area contributed by atoms with Gasteiger partial charge in [0.2, 0.25) is 0 Å². The van der Waals surface area contributed by atoms with Crippen LogP contribution in [0.4, 0.5) is 10.5 Å². The van der Waals surface area contributed by atoms with Gasteiger partial charge in [-0.3, -0.25) is 0 Å². The molecule has 2 amide bonds. The first-order valence-corrected chi connectivity index (χ1v) is 9.43. The van der Waals surface area contributed by atoms with Crippen molar-refractivity contribution in [2.24, 2.45) is 0 Å². The van der Waals surface area contributed by atoms with Crippen LogP contribution in [0, 0.1) is 0 Å². The minimum atomic E-state index is -0.0727. The maximum atomic E-state index is 12.5. The Balaban J connectivity index is 1.58. The van der Waals surface area contributed by atoms with E-state index in [0.717, 1.165) is 22.0 Å². The molecule has 1 aromatic heterocycles. The Kier molecular flexibility index (Phi) is 5.94. The van der Waals surface area contributed by atoms with Gasteiger partial charge in [-0.05, 0) is 43.7 Å². The highest BCUT2D eigenvalue weighted by Crippen LogP contribution is 2.22. The first kappa shape index (κ1) is 17.8. The molecule has 25 heavy (non-hydrogen) atoms. The Morgan fingerprint density at radius 3 is 2.76 bits per heavy atom. The number of rotatable bonds is 4. The average Bonchev–Trinajstić information content (AvgIpc) is 2.60. The predicted molar refractivity (Wildman–Crippen MR) is 101 cm³/mol. The standard InChI is InChI=1S/C19H23N3O2S/c1-14-11-22(12-15(2)24-14)19(23)21-17-7-5-6-16(10-17)13-25-18-8-3-4-9-20-18/h3-10,14-15H,11-13H2,1-2H3,(H,21,23). The molecule has 0 radical (unpaired) electrons. The number of hydrogen-bond donors (Lipinski definition) is 1. The van der Waals surface area contributed by atoms with Gasteiger partial charge in [-0.1, -0.05) is 18.2 Å². The number of nitrogens with one attached hydrogen (secondary N) is 1. The summed E-state index contributed by atoms with van der Waals surface area (Å²) in [6, 6.07) is 13.8. The van der Waals surface area contributed by atoms with E-state index in [9.17, 15) is 4.79 Å². The molecule has 5 nitrogen and oxygen atoms in total. The Hall–Kier alpha value is -2.05. The van der Waals surface area contributed by atoms with E-state index in [0.29, 0.717) is 13.1 Å². The van der Waals surface area contributed by atoms with Crippen molar-refractivity contribution in [3.63, 3.8) is 0 Å². The number of amides is 2. The molecule has 0 aliphatic carbocycles. The highest BCUT2D eigenvalue weighted by molar-refractivity contribution is 7.98. The highest BCUT2D eigenvalue weighted by Gasteiger charge is 2.25. The van der Waals surface area contributed by atoms with Gasteiger partial charge in [0, 0.05) is 30.7 Å². The predicted octanol–water partition coefficient (Wildman–Crippen LogP) is 4.02. The van der Waals surface area contributed by atoms with Gasteiger partial charge in [-0.2, -0.15) is 0 Å². The van der Waals surface area contributed by atoms with Crippen LogP contribution < -0.4 is 5.32 Å². The Morgan fingerprint density at radius 2 is 2.04 bits per heavy atom. The van der Waals surface area contributed by atoms with Gasteiger partial charge in [-0.15, -0.1) is 11.8 Å². The van der Waals surface area contributed by atoms with Crippen molar-refractivity contribution >= 4 is 23.5 Å². The number of morpholine rings is 1. The maximum Gasteiger partial charge on any atom is 0.322 e. The van der Waals surface area contributed by atoms with E-state index in [1.165, 1.54) is 0 Å².